The Kier molecular flexibility index (Phi) is 22.5. The number of rotatable bonds is 27. The lowest BCUT2D eigenvalue weighted by atomic mass is 9.93. The average molecular weight is 1070 g/mol. The Labute approximate surface area is 442 Å². The molecule has 19 nitrogen and oxygen atoms in total. The average Bonchev–Trinajstić information content (AvgIpc) is 3.45. The maximum atomic E-state index is 14.2. The second-order valence-electron chi connectivity index (χ2n) is 18.0. The minimum Gasteiger partial charge on any atom is -0.463 e. The first-order valence-electron chi connectivity index (χ1n) is 24.8. The van der Waals surface area contributed by atoms with Gasteiger partial charge in [-0.1, -0.05) is 152 Å². The van der Waals surface area contributed by atoms with Crippen LogP contribution in [0.25, 0.3) is 0 Å². The highest BCUT2D eigenvalue weighted by atomic mass is 31.1. The first-order chi connectivity index (χ1) is 36.9. The molecule has 1 unspecified atom stereocenters. The molecule has 2 heterocycles. The van der Waals surface area contributed by atoms with Crippen molar-refractivity contribution in [2.24, 2.45) is 0 Å². The van der Waals surface area contributed by atoms with Crippen LogP contribution in [0.4, 0.5) is 0 Å². The second kappa shape index (κ2) is 29.8. The van der Waals surface area contributed by atoms with Gasteiger partial charge in [0.15, 0.2) is 18.7 Å². The number of nitrogens with one attached hydrogen (secondary N) is 2. The number of esters is 2. The maximum absolute atomic E-state index is 14.2. The van der Waals surface area contributed by atoms with Crippen LogP contribution in [-0.4, -0.2) is 116 Å². The van der Waals surface area contributed by atoms with Crippen LogP contribution in [0.1, 0.15) is 48.6 Å². The Balaban J connectivity index is 1.30. The maximum Gasteiger partial charge on any atom is 0.694 e. The fourth-order valence-electron chi connectivity index (χ4n) is 8.64. The molecule has 404 valence electrons. The molecule has 0 saturated carbocycles. The van der Waals surface area contributed by atoms with Crippen molar-refractivity contribution in [2.45, 2.75) is 121 Å². The number of benzene rings is 5. The monoisotopic (exact) mass is 1070 g/mol. The molecule has 5 aromatic carbocycles. The summed E-state index contributed by atoms with van der Waals surface area (Å²) in [7, 11) is -3.16. The molecule has 12 atom stereocenters. The van der Waals surface area contributed by atoms with E-state index in [9.17, 15) is 28.6 Å². The molecule has 20 heteroatoms. The zero-order valence-corrected chi connectivity index (χ0v) is 43.3. The van der Waals surface area contributed by atoms with E-state index in [4.69, 9.17) is 51.9 Å². The Morgan fingerprint density at radius 3 is 1.39 bits per heavy atom. The summed E-state index contributed by atoms with van der Waals surface area (Å²) in [6.07, 6.45) is -12.0. The van der Waals surface area contributed by atoms with Crippen LogP contribution in [0.3, 0.4) is 0 Å². The minimum atomic E-state index is -3.16. The number of ether oxygens (including phenoxy) is 10. The minimum absolute atomic E-state index is 0.00439. The smallest absolute Gasteiger partial charge is 0.463 e. The molecule has 2 saturated heterocycles. The number of hydrogen-bond acceptors (Lipinski definition) is 16. The molecule has 2 fully saturated rings. The summed E-state index contributed by atoms with van der Waals surface area (Å²) in [5.74, 6) is -2.59. The normalized spacial score (nSPS) is 23.9. The zero-order chi connectivity index (χ0) is 53.7. The third-order valence-electron chi connectivity index (χ3n) is 12.1. The van der Waals surface area contributed by atoms with Gasteiger partial charge in [-0.15, -0.1) is 9.42 Å². The summed E-state index contributed by atoms with van der Waals surface area (Å²) in [5, 5.41) is 5.84. The second-order valence-corrected chi connectivity index (χ2v) is 18.7. The van der Waals surface area contributed by atoms with Crippen molar-refractivity contribution in [3.8, 4) is 0 Å². The summed E-state index contributed by atoms with van der Waals surface area (Å²) in [6.45, 7) is 2.43. The molecular weight excluding hydrogens is 1000 g/mol. The van der Waals surface area contributed by atoms with Crippen LogP contribution in [0.2, 0.25) is 0 Å². The van der Waals surface area contributed by atoms with Crippen molar-refractivity contribution in [3.05, 3.63) is 179 Å². The molecular formula is C56H64N2O17P+. The van der Waals surface area contributed by atoms with Gasteiger partial charge in [-0.2, -0.15) is 0 Å². The summed E-state index contributed by atoms with van der Waals surface area (Å²) in [4.78, 5) is 63.7. The number of amides is 2. The fraction of sp³-hybridized carbons (Fsp3) is 0.393. The lowest BCUT2D eigenvalue weighted by Crippen LogP contribution is -2.71. The van der Waals surface area contributed by atoms with Gasteiger partial charge in [0.2, 0.25) is 11.8 Å². The third kappa shape index (κ3) is 17.9. The van der Waals surface area contributed by atoms with Crippen LogP contribution >= 0.6 is 8.25 Å². The molecule has 0 spiro atoms. The predicted octanol–water partition coefficient (Wildman–Crippen LogP) is 6.16. The van der Waals surface area contributed by atoms with Gasteiger partial charge in [-0.05, 0) is 27.8 Å². The number of carbonyl (C=O) groups is 4. The number of hydrogen-bond donors (Lipinski definition) is 3. The SMILES string of the molecule is CC(=O)N[C@H]1[C@@H](O[C@@H]2[C@@H](NC(C)=O)[C@@H](O[C@H](COCc3ccccc3)C(=O)OCc3ccccc3)O[C@H](COC(C)=O)[C@H]2OCc2ccccc2)O[C@H](CO[P+](=O)O)[C@@H](OCc2ccccc2)[C@@H]1OCc1ccccc1. The van der Waals surface area contributed by atoms with Crippen LogP contribution in [0, 0.1) is 0 Å². The first kappa shape index (κ1) is 57.4. The van der Waals surface area contributed by atoms with Crippen molar-refractivity contribution in [1.82, 2.24) is 10.6 Å². The number of carbonyl (C=O) groups excluding carboxylic acids is 4. The summed E-state index contributed by atoms with van der Waals surface area (Å²) >= 11 is 0. The van der Waals surface area contributed by atoms with E-state index in [1.54, 1.807) is 24.3 Å². The van der Waals surface area contributed by atoms with E-state index in [2.05, 4.69) is 10.6 Å². The van der Waals surface area contributed by atoms with Crippen molar-refractivity contribution in [2.75, 3.05) is 19.8 Å². The highest BCUT2D eigenvalue weighted by molar-refractivity contribution is 7.32. The van der Waals surface area contributed by atoms with Crippen LogP contribution in [0.15, 0.2) is 152 Å². The van der Waals surface area contributed by atoms with Gasteiger partial charge in [0.05, 0.1) is 33.0 Å². The van der Waals surface area contributed by atoms with Gasteiger partial charge in [0.25, 0.3) is 0 Å². The molecule has 7 rings (SSSR count). The van der Waals surface area contributed by atoms with Crippen molar-refractivity contribution in [1.29, 1.82) is 0 Å². The highest BCUT2D eigenvalue weighted by Gasteiger charge is 2.55. The molecule has 0 bridgehead atoms. The third-order valence-corrected chi connectivity index (χ3v) is 12.5. The van der Waals surface area contributed by atoms with E-state index in [-0.39, 0.29) is 39.6 Å². The molecule has 3 N–H and O–H groups in total. The molecule has 0 radical (unpaired) electrons. The summed E-state index contributed by atoms with van der Waals surface area (Å²) in [6, 6.07) is 43.3. The van der Waals surface area contributed by atoms with E-state index in [0.717, 1.165) is 22.3 Å². The Hall–Kier alpha value is -6.32. The van der Waals surface area contributed by atoms with Gasteiger partial charge in [0.1, 0.15) is 68.5 Å². The molecule has 76 heavy (non-hydrogen) atoms. The van der Waals surface area contributed by atoms with E-state index in [1.807, 2.05) is 127 Å². The van der Waals surface area contributed by atoms with Gasteiger partial charge in [0, 0.05) is 25.3 Å². The predicted molar refractivity (Wildman–Crippen MR) is 272 cm³/mol. The fourth-order valence-corrected chi connectivity index (χ4v) is 8.92. The van der Waals surface area contributed by atoms with E-state index in [0.29, 0.717) is 5.56 Å². The molecule has 5 aromatic rings. The van der Waals surface area contributed by atoms with E-state index in [1.165, 1.54) is 20.8 Å². The van der Waals surface area contributed by atoms with Gasteiger partial charge in [-0.3, -0.25) is 14.4 Å². The van der Waals surface area contributed by atoms with Crippen molar-refractivity contribution >= 4 is 32.0 Å². The lowest BCUT2D eigenvalue weighted by molar-refractivity contribution is -0.342. The molecule has 2 amide bonds. The van der Waals surface area contributed by atoms with Crippen LogP contribution < -0.4 is 10.6 Å². The molecule has 0 aliphatic carbocycles. The summed E-state index contributed by atoms with van der Waals surface area (Å²) < 4.78 is 82.0. The first-order valence-corrected chi connectivity index (χ1v) is 25.9. The van der Waals surface area contributed by atoms with Crippen LogP contribution in [-0.2, 0) is 109 Å². The molecule has 0 aromatic heterocycles. The topological polar surface area (TPSA) is 231 Å². The standard InChI is InChI=1S/C56H63N2O17P/c1-37(59)57-48-52(69-32-43-25-15-7-16-26-43)50(67-30-41-21-11-5-12-22-41)46(36-71-76(63)64)73-56(48)75-53-49(58-38(2)60)55(72-45(35-66-39(3)61)51(53)68-31-42-23-13-6-14-24-42)74-47(34-65-29-40-19-9-4-10-20-40)54(62)70-33-44-27-17-8-18-28-44/h4-28,45-53,55-56H,29-36H2,1-3H3,(H2-,57,58,59,60,63,64)/p+1/t45-,46-,47-,48-,49-,50-,51-,52-,53-,55-,56-/m1/s1. The molecule has 2 aliphatic rings. The van der Waals surface area contributed by atoms with Gasteiger partial charge in [-0.25, -0.2) is 4.79 Å². The van der Waals surface area contributed by atoms with Crippen molar-refractivity contribution < 1.29 is 80.5 Å². The highest BCUT2D eigenvalue weighted by Crippen LogP contribution is 2.36. The van der Waals surface area contributed by atoms with E-state index >= 15 is 0 Å². The van der Waals surface area contributed by atoms with Crippen LogP contribution in [0.5, 0.6) is 0 Å². The summed E-state index contributed by atoms with van der Waals surface area (Å²) in [5.41, 5.74) is 3.79. The Morgan fingerprint density at radius 1 is 0.526 bits per heavy atom. The van der Waals surface area contributed by atoms with Gasteiger partial charge >= 0.3 is 20.2 Å². The zero-order valence-electron chi connectivity index (χ0n) is 42.4. The largest absolute Gasteiger partial charge is 0.694 e. The van der Waals surface area contributed by atoms with E-state index < -0.39 is 113 Å². The van der Waals surface area contributed by atoms with Gasteiger partial charge < -0.3 is 58.0 Å². The van der Waals surface area contributed by atoms with Crippen molar-refractivity contribution in [3.63, 3.8) is 0 Å². The Bertz CT molecular complexity index is 2570. The molecule has 2 aliphatic heterocycles. The lowest BCUT2D eigenvalue weighted by Gasteiger charge is -2.50. The quantitative estimate of drug-likeness (QED) is 0.0395. The Morgan fingerprint density at radius 2 is 0.934 bits per heavy atom.